The summed E-state index contributed by atoms with van der Waals surface area (Å²) >= 11 is 0. The fourth-order valence-corrected chi connectivity index (χ4v) is 1.51. The van der Waals surface area contributed by atoms with Crippen molar-refractivity contribution in [1.82, 2.24) is 10.6 Å². The number of amidine groups is 1. The van der Waals surface area contributed by atoms with Gasteiger partial charge in [-0.2, -0.15) is 4.99 Å². The van der Waals surface area contributed by atoms with E-state index in [-0.39, 0.29) is 11.8 Å². The van der Waals surface area contributed by atoms with E-state index in [9.17, 15) is 9.59 Å². The molecule has 16 heavy (non-hydrogen) atoms. The zero-order chi connectivity index (χ0) is 12.1. The summed E-state index contributed by atoms with van der Waals surface area (Å²) in [6.07, 6.45) is 1.37. The van der Waals surface area contributed by atoms with Gasteiger partial charge in [0.25, 0.3) is 5.91 Å². The van der Waals surface area contributed by atoms with Crippen molar-refractivity contribution in [2.45, 2.75) is 39.7 Å². The fraction of sp³-hybridized carbons (Fsp3) is 0.727. The van der Waals surface area contributed by atoms with Gasteiger partial charge in [0, 0.05) is 6.04 Å². The summed E-state index contributed by atoms with van der Waals surface area (Å²) in [5.41, 5.74) is 0. The van der Waals surface area contributed by atoms with Crippen LogP contribution in [0.3, 0.4) is 0 Å². The highest BCUT2D eigenvalue weighted by Gasteiger charge is 2.30. The van der Waals surface area contributed by atoms with Gasteiger partial charge in [-0.1, -0.05) is 27.2 Å². The highest BCUT2D eigenvalue weighted by atomic mass is 16.2. The predicted molar refractivity (Wildman–Crippen MR) is 62.1 cm³/mol. The van der Waals surface area contributed by atoms with Crippen molar-refractivity contribution in [3.8, 4) is 0 Å². The first-order chi connectivity index (χ1) is 7.54. The lowest BCUT2D eigenvalue weighted by molar-refractivity contribution is -0.133. The monoisotopic (exact) mass is 225 g/mol. The van der Waals surface area contributed by atoms with Crippen molar-refractivity contribution >= 4 is 17.6 Å². The van der Waals surface area contributed by atoms with Crippen LogP contribution >= 0.6 is 0 Å². The molecule has 1 heterocycles. The highest BCUT2D eigenvalue weighted by Crippen LogP contribution is 2.12. The minimum Gasteiger partial charge on any atom is -0.312 e. The second kappa shape index (κ2) is 5.75. The van der Waals surface area contributed by atoms with Crippen LogP contribution in [0.1, 0.15) is 33.6 Å². The second-order valence-corrected chi connectivity index (χ2v) is 4.26. The summed E-state index contributed by atoms with van der Waals surface area (Å²) < 4.78 is 0. The maximum absolute atomic E-state index is 11.6. The van der Waals surface area contributed by atoms with E-state index in [1.807, 2.05) is 20.8 Å². The maximum Gasteiger partial charge on any atom is 0.259 e. The van der Waals surface area contributed by atoms with Crippen molar-refractivity contribution in [2.75, 3.05) is 6.54 Å². The Balaban J connectivity index is 2.61. The summed E-state index contributed by atoms with van der Waals surface area (Å²) in [5.74, 6) is -0.697. The van der Waals surface area contributed by atoms with Crippen molar-refractivity contribution in [3.63, 3.8) is 0 Å². The molecule has 0 bridgehead atoms. The molecule has 0 saturated heterocycles. The number of nitrogens with one attached hydrogen (secondary N) is 2. The number of rotatable bonds is 5. The van der Waals surface area contributed by atoms with Gasteiger partial charge in [0.15, 0.2) is 0 Å². The molecule has 1 aliphatic heterocycles. The Kier molecular flexibility index (Phi) is 4.61. The zero-order valence-corrected chi connectivity index (χ0v) is 10.0. The minimum atomic E-state index is -0.590. The van der Waals surface area contributed by atoms with Crippen LogP contribution in [0, 0.1) is 5.92 Å². The van der Waals surface area contributed by atoms with E-state index < -0.39 is 5.92 Å². The fourth-order valence-electron chi connectivity index (χ4n) is 1.51. The quantitative estimate of drug-likeness (QED) is 0.668. The first-order valence-electron chi connectivity index (χ1n) is 5.70. The van der Waals surface area contributed by atoms with Gasteiger partial charge in [-0.05, 0) is 6.42 Å². The van der Waals surface area contributed by atoms with Crippen molar-refractivity contribution in [3.05, 3.63) is 0 Å². The van der Waals surface area contributed by atoms with Gasteiger partial charge in [-0.25, -0.2) is 0 Å². The number of carbonyl (C=O) groups excluding carboxylic acids is 2. The van der Waals surface area contributed by atoms with Gasteiger partial charge in [-0.15, -0.1) is 0 Å². The van der Waals surface area contributed by atoms with Gasteiger partial charge in [-0.3, -0.25) is 9.59 Å². The Morgan fingerprint density at radius 2 is 2.12 bits per heavy atom. The number of amides is 2. The van der Waals surface area contributed by atoms with Gasteiger partial charge in [0.1, 0.15) is 11.8 Å². The van der Waals surface area contributed by atoms with Crippen LogP contribution in [0.2, 0.25) is 0 Å². The third-order valence-electron chi connectivity index (χ3n) is 2.38. The molecule has 1 aliphatic rings. The molecule has 0 spiro atoms. The molecule has 0 fully saturated rings. The zero-order valence-electron chi connectivity index (χ0n) is 10.0. The lowest BCUT2D eigenvalue weighted by Crippen LogP contribution is -2.48. The molecule has 2 N–H and O–H groups in total. The Bertz CT molecular complexity index is 310. The van der Waals surface area contributed by atoms with E-state index in [1.165, 1.54) is 0 Å². The summed E-state index contributed by atoms with van der Waals surface area (Å²) in [6.45, 7) is 6.36. The van der Waals surface area contributed by atoms with Crippen LogP contribution in [-0.2, 0) is 9.59 Å². The van der Waals surface area contributed by atoms with E-state index in [0.29, 0.717) is 24.8 Å². The van der Waals surface area contributed by atoms with E-state index in [2.05, 4.69) is 15.6 Å². The number of aliphatic imine (C=N–C) groups is 1. The van der Waals surface area contributed by atoms with E-state index in [1.54, 1.807) is 0 Å². The normalized spacial score (nSPS) is 21.0. The molecule has 5 nitrogen and oxygen atoms in total. The molecule has 0 saturated carbocycles. The van der Waals surface area contributed by atoms with Crippen LogP contribution < -0.4 is 10.6 Å². The van der Waals surface area contributed by atoms with Gasteiger partial charge in [0.2, 0.25) is 5.91 Å². The molecule has 2 amide bonds. The van der Waals surface area contributed by atoms with Crippen LogP contribution in [0.25, 0.3) is 0 Å². The van der Waals surface area contributed by atoms with Crippen LogP contribution in [-0.4, -0.2) is 30.2 Å². The first kappa shape index (κ1) is 12.8. The third-order valence-corrected chi connectivity index (χ3v) is 2.38. The molecule has 1 unspecified atom stereocenters. The summed E-state index contributed by atoms with van der Waals surface area (Å²) in [6, 6.07) is 0.295. The lowest BCUT2D eigenvalue weighted by atomic mass is 10.0. The standard InChI is InChI=1S/C11H19N3O2/c1-4-5-8-10(15)13-9(14-11(8)16)6-12-7(2)3/h7-8,12H,4-6H2,1-3H3,(H,13,14,15,16). The molecule has 0 radical (unpaired) electrons. The Labute approximate surface area is 95.7 Å². The number of nitrogens with zero attached hydrogens (tertiary/aromatic N) is 1. The molecule has 0 aliphatic carbocycles. The Morgan fingerprint density at radius 3 is 2.62 bits per heavy atom. The number of carbonyl (C=O) groups is 2. The van der Waals surface area contributed by atoms with E-state index in [0.717, 1.165) is 6.42 Å². The number of hydrogen-bond donors (Lipinski definition) is 2. The van der Waals surface area contributed by atoms with Crippen molar-refractivity contribution < 1.29 is 9.59 Å². The summed E-state index contributed by atoms with van der Waals surface area (Å²) in [5, 5.41) is 5.77. The van der Waals surface area contributed by atoms with Gasteiger partial charge >= 0.3 is 0 Å². The van der Waals surface area contributed by atoms with E-state index >= 15 is 0 Å². The Hall–Kier alpha value is -1.23. The molecular formula is C11H19N3O2. The van der Waals surface area contributed by atoms with Gasteiger partial charge in [0.05, 0.1) is 6.54 Å². The number of hydrogen-bond acceptors (Lipinski definition) is 3. The second-order valence-electron chi connectivity index (χ2n) is 4.26. The van der Waals surface area contributed by atoms with E-state index in [4.69, 9.17) is 0 Å². The topological polar surface area (TPSA) is 70.6 Å². The Morgan fingerprint density at radius 1 is 1.44 bits per heavy atom. The summed E-state index contributed by atoms with van der Waals surface area (Å²) in [4.78, 5) is 27.1. The molecule has 90 valence electrons. The SMILES string of the molecule is CCCC1C(=O)N=C(CNC(C)C)NC1=O. The lowest BCUT2D eigenvalue weighted by Gasteiger charge is -2.20. The van der Waals surface area contributed by atoms with Crippen molar-refractivity contribution in [1.29, 1.82) is 0 Å². The summed E-state index contributed by atoms with van der Waals surface area (Å²) in [7, 11) is 0. The molecular weight excluding hydrogens is 206 g/mol. The highest BCUT2D eigenvalue weighted by molar-refractivity contribution is 6.16. The van der Waals surface area contributed by atoms with Crippen LogP contribution in [0.5, 0.6) is 0 Å². The molecule has 5 heteroatoms. The molecule has 1 rings (SSSR count). The molecule has 1 atom stereocenters. The van der Waals surface area contributed by atoms with Crippen LogP contribution in [0.15, 0.2) is 4.99 Å². The average molecular weight is 225 g/mol. The molecule has 0 aromatic rings. The average Bonchev–Trinajstić information content (AvgIpc) is 2.20. The van der Waals surface area contributed by atoms with Gasteiger partial charge < -0.3 is 10.6 Å². The molecule has 0 aromatic carbocycles. The van der Waals surface area contributed by atoms with Crippen LogP contribution in [0.4, 0.5) is 0 Å². The molecule has 0 aromatic heterocycles. The third kappa shape index (κ3) is 3.41. The van der Waals surface area contributed by atoms with Crippen molar-refractivity contribution in [2.24, 2.45) is 10.9 Å². The minimum absolute atomic E-state index is 0.220. The smallest absolute Gasteiger partial charge is 0.259 e. The largest absolute Gasteiger partial charge is 0.312 e. The first-order valence-corrected chi connectivity index (χ1v) is 5.70. The maximum atomic E-state index is 11.6. The predicted octanol–water partition coefficient (Wildman–Crippen LogP) is 0.456.